The van der Waals surface area contributed by atoms with Gasteiger partial charge in [-0.15, -0.1) is 0 Å². The number of aromatic nitrogens is 2. The summed E-state index contributed by atoms with van der Waals surface area (Å²) in [6.45, 7) is 2.91. The molecular weight excluding hydrogens is 358 g/mol. The molecule has 3 rings (SSSR count). The summed E-state index contributed by atoms with van der Waals surface area (Å²) in [6, 6.07) is 8.94. The van der Waals surface area contributed by atoms with Gasteiger partial charge in [0.2, 0.25) is 0 Å². The number of carbonyl (C=O) groups is 1. The Balaban J connectivity index is 1.83. The molecule has 0 bridgehead atoms. The zero-order valence-electron chi connectivity index (χ0n) is 16.4. The van der Waals surface area contributed by atoms with Crippen molar-refractivity contribution in [3.8, 4) is 5.69 Å². The third kappa shape index (κ3) is 4.76. The molecule has 28 heavy (non-hydrogen) atoms. The summed E-state index contributed by atoms with van der Waals surface area (Å²) in [5, 5.41) is 6.34. The average molecular weight is 385 g/mol. The molecule has 2 N–H and O–H groups in total. The topological polar surface area (TPSA) is 88.5 Å². The minimum absolute atomic E-state index is 0.0981. The average Bonchev–Trinajstić information content (AvgIpc) is 2.72. The SMILES string of the molecule is COCCN(C)c1ccn(-c2ccccc2C(=O)NC2CCCNC2)c(=O)n1. The lowest BCUT2D eigenvalue weighted by Crippen LogP contribution is -2.45. The van der Waals surface area contributed by atoms with Gasteiger partial charge in [0.15, 0.2) is 0 Å². The molecule has 0 radical (unpaired) electrons. The summed E-state index contributed by atoms with van der Waals surface area (Å²) >= 11 is 0. The zero-order valence-corrected chi connectivity index (χ0v) is 16.4. The van der Waals surface area contributed by atoms with E-state index < -0.39 is 5.69 Å². The van der Waals surface area contributed by atoms with Gasteiger partial charge in [-0.3, -0.25) is 9.36 Å². The second-order valence-electron chi connectivity index (χ2n) is 6.89. The summed E-state index contributed by atoms with van der Waals surface area (Å²) in [4.78, 5) is 31.5. The van der Waals surface area contributed by atoms with Crippen molar-refractivity contribution in [3.63, 3.8) is 0 Å². The Bertz CT molecular complexity index is 861. The maximum atomic E-state index is 12.8. The van der Waals surface area contributed by atoms with E-state index in [1.807, 2.05) is 11.9 Å². The van der Waals surface area contributed by atoms with Gasteiger partial charge in [-0.1, -0.05) is 12.1 Å². The van der Waals surface area contributed by atoms with Crippen molar-refractivity contribution < 1.29 is 9.53 Å². The first-order valence-corrected chi connectivity index (χ1v) is 9.51. The van der Waals surface area contributed by atoms with Crippen LogP contribution in [0.1, 0.15) is 23.2 Å². The molecule has 8 heteroatoms. The number of piperidine rings is 1. The summed E-state index contributed by atoms with van der Waals surface area (Å²) in [6.07, 6.45) is 3.64. The number of benzene rings is 1. The predicted octanol–water partition coefficient (Wildman–Crippen LogP) is 0.797. The van der Waals surface area contributed by atoms with Crippen LogP contribution in [0, 0.1) is 0 Å². The molecule has 150 valence electrons. The number of likely N-dealkylation sites (N-methyl/N-ethyl adjacent to an activating group) is 1. The fraction of sp³-hybridized carbons (Fsp3) is 0.450. The largest absolute Gasteiger partial charge is 0.383 e. The van der Waals surface area contributed by atoms with Crippen LogP contribution in [0.3, 0.4) is 0 Å². The fourth-order valence-electron chi connectivity index (χ4n) is 3.25. The number of rotatable bonds is 7. The van der Waals surface area contributed by atoms with Crippen molar-refractivity contribution in [2.24, 2.45) is 0 Å². The first-order valence-electron chi connectivity index (χ1n) is 9.51. The number of anilines is 1. The van der Waals surface area contributed by atoms with E-state index in [9.17, 15) is 9.59 Å². The monoisotopic (exact) mass is 385 g/mol. The van der Waals surface area contributed by atoms with Crippen molar-refractivity contribution in [3.05, 3.63) is 52.6 Å². The molecule has 1 aliphatic heterocycles. The zero-order chi connectivity index (χ0) is 19.9. The van der Waals surface area contributed by atoms with Gasteiger partial charge in [0, 0.05) is 39.5 Å². The van der Waals surface area contributed by atoms with E-state index in [0.717, 1.165) is 25.9 Å². The summed E-state index contributed by atoms with van der Waals surface area (Å²) in [5.41, 5.74) is 0.547. The van der Waals surface area contributed by atoms with Crippen LogP contribution in [-0.4, -0.2) is 61.9 Å². The van der Waals surface area contributed by atoms with E-state index in [2.05, 4.69) is 15.6 Å². The Kier molecular flexibility index (Phi) is 6.78. The molecule has 1 amide bonds. The van der Waals surface area contributed by atoms with Gasteiger partial charge < -0.3 is 20.3 Å². The van der Waals surface area contributed by atoms with Gasteiger partial charge in [0.05, 0.1) is 17.9 Å². The molecule has 2 heterocycles. The third-order valence-electron chi connectivity index (χ3n) is 4.85. The molecular formula is C20H27N5O3. The second-order valence-corrected chi connectivity index (χ2v) is 6.89. The van der Waals surface area contributed by atoms with Gasteiger partial charge in [0.25, 0.3) is 5.91 Å². The van der Waals surface area contributed by atoms with Crippen LogP contribution in [0.4, 0.5) is 5.82 Å². The van der Waals surface area contributed by atoms with Crippen LogP contribution >= 0.6 is 0 Å². The van der Waals surface area contributed by atoms with Gasteiger partial charge in [-0.05, 0) is 37.6 Å². The number of para-hydroxylation sites is 1. The number of hydrogen-bond donors (Lipinski definition) is 2. The lowest BCUT2D eigenvalue weighted by molar-refractivity contribution is 0.0930. The molecule has 1 saturated heterocycles. The molecule has 1 unspecified atom stereocenters. The number of hydrogen-bond acceptors (Lipinski definition) is 6. The van der Waals surface area contributed by atoms with Crippen molar-refractivity contribution in [2.75, 3.05) is 45.3 Å². The standard InChI is InChI=1S/C20H27N5O3/c1-24(12-13-28-2)18-9-11-25(20(27)23-18)17-8-4-3-7-16(17)19(26)22-15-6-5-10-21-14-15/h3-4,7-9,11,15,21H,5-6,10,12-14H2,1-2H3,(H,22,26). The van der Waals surface area contributed by atoms with Crippen LogP contribution in [0.2, 0.25) is 0 Å². The van der Waals surface area contributed by atoms with Gasteiger partial charge >= 0.3 is 5.69 Å². The Morgan fingerprint density at radius 1 is 1.39 bits per heavy atom. The molecule has 1 aromatic heterocycles. The predicted molar refractivity (Wildman–Crippen MR) is 108 cm³/mol. The first kappa shape index (κ1) is 20.0. The molecule has 0 spiro atoms. The van der Waals surface area contributed by atoms with E-state index in [-0.39, 0.29) is 11.9 Å². The van der Waals surface area contributed by atoms with Crippen LogP contribution in [0.15, 0.2) is 41.3 Å². The molecule has 1 aliphatic rings. The quantitative estimate of drug-likeness (QED) is 0.733. The molecule has 2 aromatic rings. The van der Waals surface area contributed by atoms with E-state index >= 15 is 0 Å². The number of amides is 1. The van der Waals surface area contributed by atoms with E-state index in [0.29, 0.717) is 30.2 Å². The van der Waals surface area contributed by atoms with Crippen molar-refractivity contribution >= 4 is 11.7 Å². The summed E-state index contributed by atoms with van der Waals surface area (Å²) < 4.78 is 6.46. The van der Waals surface area contributed by atoms with Crippen molar-refractivity contribution in [2.45, 2.75) is 18.9 Å². The van der Waals surface area contributed by atoms with Gasteiger partial charge in [-0.2, -0.15) is 4.98 Å². The van der Waals surface area contributed by atoms with Crippen LogP contribution < -0.4 is 21.2 Å². The highest BCUT2D eigenvalue weighted by Crippen LogP contribution is 2.15. The number of ether oxygens (including phenoxy) is 1. The number of methoxy groups -OCH3 is 1. The maximum Gasteiger partial charge on any atom is 0.354 e. The molecule has 8 nitrogen and oxygen atoms in total. The van der Waals surface area contributed by atoms with Crippen LogP contribution in [0.25, 0.3) is 5.69 Å². The second kappa shape index (κ2) is 9.48. The normalized spacial score (nSPS) is 16.6. The maximum absolute atomic E-state index is 12.8. The Morgan fingerprint density at radius 3 is 2.93 bits per heavy atom. The van der Waals surface area contributed by atoms with Gasteiger partial charge in [0.1, 0.15) is 5.82 Å². The first-order chi connectivity index (χ1) is 13.6. The molecule has 0 saturated carbocycles. The minimum atomic E-state index is -0.429. The minimum Gasteiger partial charge on any atom is -0.383 e. The smallest absolute Gasteiger partial charge is 0.354 e. The third-order valence-corrected chi connectivity index (χ3v) is 4.85. The molecule has 1 atom stereocenters. The Labute approximate surface area is 164 Å². The lowest BCUT2D eigenvalue weighted by atomic mass is 10.1. The van der Waals surface area contributed by atoms with E-state index in [4.69, 9.17) is 4.74 Å². The van der Waals surface area contributed by atoms with E-state index in [1.165, 1.54) is 4.57 Å². The number of nitrogens with zero attached hydrogens (tertiary/aromatic N) is 3. The summed E-state index contributed by atoms with van der Waals surface area (Å²) in [5.74, 6) is 0.381. The Hall–Kier alpha value is -2.71. The summed E-state index contributed by atoms with van der Waals surface area (Å²) in [7, 11) is 3.48. The lowest BCUT2D eigenvalue weighted by Gasteiger charge is -2.24. The number of nitrogens with one attached hydrogen (secondary N) is 2. The number of carbonyl (C=O) groups excluding carboxylic acids is 1. The highest BCUT2D eigenvalue weighted by molar-refractivity contribution is 5.98. The highest BCUT2D eigenvalue weighted by atomic mass is 16.5. The van der Waals surface area contributed by atoms with Gasteiger partial charge in [-0.25, -0.2) is 4.79 Å². The van der Waals surface area contributed by atoms with Crippen molar-refractivity contribution in [1.29, 1.82) is 0 Å². The highest BCUT2D eigenvalue weighted by Gasteiger charge is 2.19. The molecule has 1 aromatic carbocycles. The molecule has 1 fully saturated rings. The van der Waals surface area contributed by atoms with Crippen molar-refractivity contribution in [1.82, 2.24) is 20.2 Å². The Morgan fingerprint density at radius 2 is 2.21 bits per heavy atom. The van der Waals surface area contributed by atoms with Crippen LogP contribution in [-0.2, 0) is 4.74 Å². The van der Waals surface area contributed by atoms with Crippen LogP contribution in [0.5, 0.6) is 0 Å². The van der Waals surface area contributed by atoms with E-state index in [1.54, 1.807) is 43.6 Å². The fourth-order valence-corrected chi connectivity index (χ4v) is 3.25. The molecule has 0 aliphatic carbocycles.